The van der Waals surface area contributed by atoms with Gasteiger partial charge in [-0.25, -0.2) is 0 Å². The molecule has 1 aliphatic rings. The summed E-state index contributed by atoms with van der Waals surface area (Å²) in [6.07, 6.45) is 1.84. The normalized spacial score (nSPS) is 20.5. The van der Waals surface area contributed by atoms with Gasteiger partial charge >= 0.3 is 36.9 Å². The van der Waals surface area contributed by atoms with E-state index in [9.17, 15) is 0 Å². The van der Waals surface area contributed by atoms with E-state index in [4.69, 9.17) is 12.9 Å². The van der Waals surface area contributed by atoms with Gasteiger partial charge in [-0.3, -0.25) is 0 Å². The summed E-state index contributed by atoms with van der Waals surface area (Å²) >= 11 is 0. The van der Waals surface area contributed by atoms with Crippen molar-refractivity contribution in [2.24, 2.45) is 0 Å². The Morgan fingerprint density at radius 3 is 2.00 bits per heavy atom. The molecule has 0 aromatic heterocycles. The molecule has 0 atom stereocenters. The first-order chi connectivity index (χ1) is 2.80. The summed E-state index contributed by atoms with van der Waals surface area (Å²) in [6, 6.07) is 0. The Morgan fingerprint density at radius 2 is 2.00 bits per heavy atom. The summed E-state index contributed by atoms with van der Waals surface area (Å²) in [5.41, 5.74) is 1.41. The van der Waals surface area contributed by atoms with Crippen LogP contribution in [0.25, 0.3) is 0 Å². The SMILES string of the molecule is [B]=C1CCC1=N. The van der Waals surface area contributed by atoms with E-state index in [0.717, 1.165) is 18.3 Å². The van der Waals surface area contributed by atoms with E-state index in [1.54, 1.807) is 0 Å². The summed E-state index contributed by atoms with van der Waals surface area (Å²) in [7, 11) is 5.21. The topological polar surface area (TPSA) is 23.9 Å². The third-order valence-corrected chi connectivity index (χ3v) is 1.03. The second-order valence-electron chi connectivity index (χ2n) is 1.50. The minimum absolute atomic E-state index is 0.634. The average Bonchev–Trinajstić information content (AvgIpc) is 1.61. The van der Waals surface area contributed by atoms with Gasteiger partial charge in [0.15, 0.2) is 0 Å². The van der Waals surface area contributed by atoms with Gasteiger partial charge in [0.1, 0.15) is 0 Å². The molecule has 6 heavy (non-hydrogen) atoms. The van der Waals surface area contributed by atoms with Crippen molar-refractivity contribution in [3.63, 3.8) is 0 Å². The van der Waals surface area contributed by atoms with Crippen LogP contribution in [0.1, 0.15) is 12.8 Å². The quantitative estimate of drug-likeness (QED) is 0.398. The standard InChI is InChI=1S/C4H5BN/c5-3-1-2-4(3)6/h6H,1-2H2. The molecule has 2 heteroatoms. The van der Waals surface area contributed by atoms with E-state index in [-0.39, 0.29) is 0 Å². The Labute approximate surface area is 38.0 Å². The van der Waals surface area contributed by atoms with Crippen molar-refractivity contribution in [2.45, 2.75) is 12.8 Å². The maximum atomic E-state index is 6.87. The third-order valence-electron chi connectivity index (χ3n) is 1.03. The first kappa shape index (κ1) is 3.78. The first-order valence-electron chi connectivity index (χ1n) is 2.00. The van der Waals surface area contributed by atoms with E-state index in [0.29, 0.717) is 5.71 Å². The molecule has 0 unspecified atom stereocenters. The fourth-order valence-electron chi connectivity index (χ4n) is 0.394. The van der Waals surface area contributed by atoms with Crippen LogP contribution in [0, 0.1) is 5.41 Å². The van der Waals surface area contributed by atoms with Crippen molar-refractivity contribution in [3.05, 3.63) is 0 Å². The molecule has 1 aliphatic carbocycles. The van der Waals surface area contributed by atoms with E-state index >= 15 is 0 Å². The van der Waals surface area contributed by atoms with Crippen LogP contribution in [0.15, 0.2) is 0 Å². The van der Waals surface area contributed by atoms with Crippen molar-refractivity contribution in [3.8, 4) is 0 Å². The Morgan fingerprint density at radius 1 is 1.50 bits per heavy atom. The van der Waals surface area contributed by atoms with Crippen LogP contribution in [0.4, 0.5) is 0 Å². The molecule has 1 saturated carbocycles. The summed E-state index contributed by atoms with van der Waals surface area (Å²) < 4.78 is 0. The molecule has 0 saturated heterocycles. The second kappa shape index (κ2) is 1.03. The van der Waals surface area contributed by atoms with Gasteiger partial charge in [0.25, 0.3) is 0 Å². The predicted octanol–water partition coefficient (Wildman–Crippen LogP) is 0.141. The molecule has 0 bridgehead atoms. The van der Waals surface area contributed by atoms with Crippen molar-refractivity contribution in [1.29, 1.82) is 5.41 Å². The third kappa shape index (κ3) is 0.330. The Kier molecular flexibility index (Phi) is 0.652. The zero-order valence-corrected chi connectivity index (χ0v) is 3.49. The minimum atomic E-state index is 0.634. The zero-order valence-electron chi connectivity index (χ0n) is 3.49. The van der Waals surface area contributed by atoms with Crippen molar-refractivity contribution < 1.29 is 0 Å². The average molecular weight is 77.9 g/mol. The molecule has 1 nitrogen and oxygen atoms in total. The molecule has 29 valence electrons. The summed E-state index contributed by atoms with van der Waals surface area (Å²) in [6.45, 7) is 0. The molecule has 1 fully saturated rings. The fourth-order valence-corrected chi connectivity index (χ4v) is 0.394. The zero-order chi connectivity index (χ0) is 4.57. The molecule has 0 aromatic rings. The predicted molar refractivity (Wildman–Crippen MR) is 27.7 cm³/mol. The van der Waals surface area contributed by atoms with Crippen LogP contribution < -0.4 is 0 Å². The van der Waals surface area contributed by atoms with Gasteiger partial charge in [-0.2, -0.15) is 0 Å². The van der Waals surface area contributed by atoms with Crippen LogP contribution in [0.5, 0.6) is 0 Å². The van der Waals surface area contributed by atoms with Gasteiger partial charge in [-0.05, 0) is 0 Å². The van der Waals surface area contributed by atoms with Gasteiger partial charge in [0.05, 0.1) is 0 Å². The molecule has 0 amide bonds. The number of rotatable bonds is 0. The fraction of sp³-hybridized carbons (Fsp3) is 0.500. The van der Waals surface area contributed by atoms with E-state index < -0.39 is 0 Å². The van der Waals surface area contributed by atoms with E-state index in [1.807, 2.05) is 0 Å². The molecule has 1 radical (unpaired) electrons. The summed E-state index contributed by atoms with van der Waals surface area (Å²) in [5, 5.41) is 6.87. The van der Waals surface area contributed by atoms with Gasteiger partial charge in [0, 0.05) is 0 Å². The van der Waals surface area contributed by atoms with Crippen LogP contribution in [0.2, 0.25) is 0 Å². The van der Waals surface area contributed by atoms with Crippen molar-refractivity contribution >= 4 is 18.7 Å². The van der Waals surface area contributed by atoms with E-state index in [1.165, 1.54) is 0 Å². The molecule has 0 aliphatic heterocycles. The van der Waals surface area contributed by atoms with Gasteiger partial charge in [-0.1, -0.05) is 0 Å². The molecule has 1 rings (SSSR count). The van der Waals surface area contributed by atoms with Crippen LogP contribution in [-0.2, 0) is 0 Å². The molecule has 1 N–H and O–H groups in total. The molecular formula is C4H5BN. The summed E-state index contributed by atoms with van der Waals surface area (Å²) in [5.74, 6) is 0. The number of hydrogen-bond acceptors (Lipinski definition) is 1. The Balaban J connectivity index is 2.61. The Hall–Kier alpha value is -0.395. The Bertz CT molecular complexity index is 92.1. The molecule has 0 heterocycles. The van der Waals surface area contributed by atoms with Crippen LogP contribution in [-0.4, -0.2) is 18.7 Å². The van der Waals surface area contributed by atoms with Gasteiger partial charge in [0.2, 0.25) is 0 Å². The van der Waals surface area contributed by atoms with Crippen LogP contribution >= 0.6 is 0 Å². The first-order valence-corrected chi connectivity index (χ1v) is 2.00. The molecule has 0 spiro atoms. The van der Waals surface area contributed by atoms with Gasteiger partial charge < -0.3 is 0 Å². The van der Waals surface area contributed by atoms with E-state index in [2.05, 4.69) is 0 Å². The summed E-state index contributed by atoms with van der Waals surface area (Å²) in [4.78, 5) is 0. The monoisotopic (exact) mass is 78.1 g/mol. The maximum absolute atomic E-state index is 6.87. The molecular weight excluding hydrogens is 72.9 g/mol. The second-order valence-corrected chi connectivity index (χ2v) is 1.50. The van der Waals surface area contributed by atoms with Gasteiger partial charge in [-0.15, -0.1) is 0 Å². The van der Waals surface area contributed by atoms with Crippen molar-refractivity contribution in [2.75, 3.05) is 0 Å². The van der Waals surface area contributed by atoms with Crippen LogP contribution in [0.3, 0.4) is 0 Å². The number of nitrogens with one attached hydrogen (secondary N) is 1. The molecule has 0 aromatic carbocycles. The number of hydrogen-bond donors (Lipinski definition) is 1. The van der Waals surface area contributed by atoms with Crippen molar-refractivity contribution in [1.82, 2.24) is 0 Å².